The third-order valence-corrected chi connectivity index (χ3v) is 2.96. The molecule has 0 atom stereocenters. The monoisotopic (exact) mass is 281 g/mol. The Bertz CT molecular complexity index is 468. The van der Waals surface area contributed by atoms with Gasteiger partial charge in [0.1, 0.15) is 5.76 Å². The number of rotatable bonds is 4. The van der Waals surface area contributed by atoms with Crippen molar-refractivity contribution in [2.45, 2.75) is 13.2 Å². The molecule has 4 heteroatoms. The first-order chi connectivity index (χ1) is 7.79. The third kappa shape index (κ3) is 2.65. The van der Waals surface area contributed by atoms with Crippen LogP contribution in [0.25, 0.3) is 0 Å². The number of aliphatic hydroxyl groups excluding tert-OH is 1. The number of aliphatic hydroxyl groups is 1. The lowest BCUT2D eigenvalue weighted by molar-refractivity contribution is 0.282. The molecule has 2 N–H and O–H groups in total. The fourth-order valence-corrected chi connectivity index (χ4v) is 1.75. The van der Waals surface area contributed by atoms with Crippen molar-refractivity contribution in [1.82, 2.24) is 0 Å². The molecule has 84 valence electrons. The SMILES string of the molecule is OCc1cccc(NCc2occc2Br)c1. The van der Waals surface area contributed by atoms with Crippen molar-refractivity contribution in [3.63, 3.8) is 0 Å². The van der Waals surface area contributed by atoms with Crippen LogP contribution in [0.3, 0.4) is 0 Å². The molecule has 2 rings (SSSR count). The molecule has 0 radical (unpaired) electrons. The number of hydrogen-bond donors (Lipinski definition) is 2. The van der Waals surface area contributed by atoms with Crippen molar-refractivity contribution in [3.05, 3.63) is 52.4 Å². The minimum Gasteiger partial charge on any atom is -0.466 e. The maximum atomic E-state index is 9.00. The highest BCUT2D eigenvalue weighted by molar-refractivity contribution is 9.10. The predicted octanol–water partition coefficient (Wildman–Crippen LogP) is 3.15. The second kappa shape index (κ2) is 5.18. The summed E-state index contributed by atoms with van der Waals surface area (Å²) in [6.45, 7) is 0.669. The second-order valence-electron chi connectivity index (χ2n) is 3.40. The highest BCUT2D eigenvalue weighted by atomic mass is 79.9. The Morgan fingerprint density at radius 3 is 2.88 bits per heavy atom. The normalized spacial score (nSPS) is 10.4. The van der Waals surface area contributed by atoms with E-state index in [1.807, 2.05) is 30.3 Å². The van der Waals surface area contributed by atoms with E-state index in [-0.39, 0.29) is 6.61 Å². The van der Waals surface area contributed by atoms with Gasteiger partial charge in [-0.2, -0.15) is 0 Å². The van der Waals surface area contributed by atoms with Crippen LogP contribution in [0.1, 0.15) is 11.3 Å². The summed E-state index contributed by atoms with van der Waals surface area (Å²) in [6.07, 6.45) is 1.64. The van der Waals surface area contributed by atoms with Gasteiger partial charge in [-0.15, -0.1) is 0 Å². The topological polar surface area (TPSA) is 45.4 Å². The Morgan fingerprint density at radius 2 is 2.19 bits per heavy atom. The number of furan rings is 1. The van der Waals surface area contributed by atoms with Gasteiger partial charge in [-0.3, -0.25) is 0 Å². The largest absolute Gasteiger partial charge is 0.466 e. The van der Waals surface area contributed by atoms with Crippen LogP contribution in [0.2, 0.25) is 0 Å². The predicted molar refractivity (Wildman–Crippen MR) is 66.1 cm³/mol. The van der Waals surface area contributed by atoms with Crippen molar-refractivity contribution >= 4 is 21.6 Å². The van der Waals surface area contributed by atoms with E-state index in [1.54, 1.807) is 6.26 Å². The van der Waals surface area contributed by atoms with E-state index >= 15 is 0 Å². The van der Waals surface area contributed by atoms with Crippen LogP contribution in [0.15, 0.2) is 45.5 Å². The van der Waals surface area contributed by atoms with E-state index in [0.717, 1.165) is 21.5 Å². The zero-order valence-electron chi connectivity index (χ0n) is 8.61. The van der Waals surface area contributed by atoms with Gasteiger partial charge in [0.25, 0.3) is 0 Å². The summed E-state index contributed by atoms with van der Waals surface area (Å²) < 4.78 is 6.24. The quantitative estimate of drug-likeness (QED) is 0.905. The fourth-order valence-electron chi connectivity index (χ4n) is 1.41. The molecule has 0 bridgehead atoms. The van der Waals surface area contributed by atoms with E-state index in [2.05, 4.69) is 21.2 Å². The lowest BCUT2D eigenvalue weighted by Crippen LogP contribution is -1.99. The summed E-state index contributed by atoms with van der Waals surface area (Å²) in [6, 6.07) is 9.52. The minimum absolute atomic E-state index is 0.0555. The van der Waals surface area contributed by atoms with Crippen molar-refractivity contribution in [2.24, 2.45) is 0 Å². The van der Waals surface area contributed by atoms with Crippen molar-refractivity contribution < 1.29 is 9.52 Å². The molecule has 0 aliphatic heterocycles. The molecular formula is C12H12BrNO2. The average Bonchev–Trinajstić information content (AvgIpc) is 2.72. The van der Waals surface area contributed by atoms with Gasteiger partial charge in [0.05, 0.1) is 23.9 Å². The Kier molecular flexibility index (Phi) is 3.64. The maximum Gasteiger partial charge on any atom is 0.136 e. The Morgan fingerprint density at radius 1 is 1.31 bits per heavy atom. The van der Waals surface area contributed by atoms with Crippen LogP contribution < -0.4 is 5.32 Å². The lowest BCUT2D eigenvalue weighted by Gasteiger charge is -2.06. The van der Waals surface area contributed by atoms with Gasteiger partial charge >= 0.3 is 0 Å². The van der Waals surface area contributed by atoms with Gasteiger partial charge in [0.2, 0.25) is 0 Å². The summed E-state index contributed by atoms with van der Waals surface area (Å²) >= 11 is 3.39. The first kappa shape index (κ1) is 11.2. The molecule has 3 nitrogen and oxygen atoms in total. The highest BCUT2D eigenvalue weighted by Gasteiger charge is 2.02. The molecular weight excluding hydrogens is 270 g/mol. The number of nitrogens with one attached hydrogen (secondary N) is 1. The standard InChI is InChI=1S/C12H12BrNO2/c13-11-4-5-16-12(11)7-14-10-3-1-2-9(6-10)8-15/h1-6,14-15H,7-8H2. The summed E-state index contributed by atoms with van der Waals surface area (Å²) in [7, 11) is 0. The van der Waals surface area contributed by atoms with E-state index in [1.165, 1.54) is 0 Å². The van der Waals surface area contributed by atoms with Gasteiger partial charge in [0, 0.05) is 5.69 Å². The summed E-state index contributed by atoms with van der Waals surface area (Å²) in [5.41, 5.74) is 1.86. The van der Waals surface area contributed by atoms with E-state index in [4.69, 9.17) is 9.52 Å². The van der Waals surface area contributed by atoms with Gasteiger partial charge in [-0.1, -0.05) is 12.1 Å². The molecule has 0 spiro atoms. The Labute approximate surface area is 102 Å². The number of benzene rings is 1. The molecule has 16 heavy (non-hydrogen) atoms. The lowest BCUT2D eigenvalue weighted by atomic mass is 10.2. The van der Waals surface area contributed by atoms with Gasteiger partial charge in [0.15, 0.2) is 0 Å². The van der Waals surface area contributed by atoms with Gasteiger partial charge < -0.3 is 14.8 Å². The molecule has 0 aliphatic carbocycles. The van der Waals surface area contributed by atoms with E-state index in [0.29, 0.717) is 6.54 Å². The van der Waals surface area contributed by atoms with E-state index < -0.39 is 0 Å². The smallest absolute Gasteiger partial charge is 0.136 e. The molecule has 0 saturated carbocycles. The van der Waals surface area contributed by atoms with Crippen LogP contribution >= 0.6 is 15.9 Å². The van der Waals surface area contributed by atoms with Crippen LogP contribution in [-0.2, 0) is 13.2 Å². The molecule has 0 amide bonds. The zero-order valence-corrected chi connectivity index (χ0v) is 10.2. The first-order valence-corrected chi connectivity index (χ1v) is 5.74. The molecule has 0 fully saturated rings. The molecule has 0 saturated heterocycles. The minimum atomic E-state index is 0.0555. The Hall–Kier alpha value is -1.26. The van der Waals surface area contributed by atoms with Crippen molar-refractivity contribution in [1.29, 1.82) is 0 Å². The van der Waals surface area contributed by atoms with Crippen LogP contribution in [0.4, 0.5) is 5.69 Å². The second-order valence-corrected chi connectivity index (χ2v) is 4.26. The molecule has 0 unspecified atom stereocenters. The molecule has 1 heterocycles. The van der Waals surface area contributed by atoms with Crippen LogP contribution in [-0.4, -0.2) is 5.11 Å². The zero-order chi connectivity index (χ0) is 11.4. The molecule has 1 aromatic heterocycles. The van der Waals surface area contributed by atoms with Gasteiger partial charge in [-0.05, 0) is 39.7 Å². The fraction of sp³-hybridized carbons (Fsp3) is 0.167. The van der Waals surface area contributed by atoms with E-state index in [9.17, 15) is 0 Å². The molecule has 1 aromatic carbocycles. The van der Waals surface area contributed by atoms with Crippen molar-refractivity contribution in [3.8, 4) is 0 Å². The average molecular weight is 282 g/mol. The molecule has 0 aliphatic rings. The first-order valence-electron chi connectivity index (χ1n) is 4.95. The summed E-state index contributed by atoms with van der Waals surface area (Å²) in [5.74, 6) is 0.856. The highest BCUT2D eigenvalue weighted by Crippen LogP contribution is 2.19. The summed E-state index contributed by atoms with van der Waals surface area (Å²) in [5, 5.41) is 12.2. The number of halogens is 1. The third-order valence-electron chi connectivity index (χ3n) is 2.25. The Balaban J connectivity index is 2.02. The van der Waals surface area contributed by atoms with Crippen molar-refractivity contribution in [2.75, 3.05) is 5.32 Å². The number of anilines is 1. The van der Waals surface area contributed by atoms with Gasteiger partial charge in [-0.25, -0.2) is 0 Å². The van der Waals surface area contributed by atoms with Crippen LogP contribution in [0, 0.1) is 0 Å². The maximum absolute atomic E-state index is 9.00. The molecule has 2 aromatic rings. The number of hydrogen-bond acceptors (Lipinski definition) is 3. The summed E-state index contributed by atoms with van der Waals surface area (Å²) in [4.78, 5) is 0. The van der Waals surface area contributed by atoms with Crippen LogP contribution in [0.5, 0.6) is 0 Å².